The monoisotopic (exact) mass is 278 g/mol. The van der Waals surface area contributed by atoms with Crippen LogP contribution in [0.2, 0.25) is 0 Å². The van der Waals surface area contributed by atoms with E-state index in [4.69, 9.17) is 10.2 Å². The summed E-state index contributed by atoms with van der Waals surface area (Å²) in [4.78, 5) is 24.3. The molecule has 0 saturated carbocycles. The first kappa shape index (κ1) is 17.2. The molecule has 0 heterocycles. The number of carboxylic acids is 1. The number of carbonyl (C=O) groups excluding carboxylic acids is 1. The molecule has 0 saturated heterocycles. The smallest absolute Gasteiger partial charge is 0.326 e. The molecule has 0 aliphatic rings. The second-order valence-corrected chi connectivity index (χ2v) is 5.00. The third-order valence-electron chi connectivity index (χ3n) is 2.45. The van der Waals surface area contributed by atoms with Crippen LogP contribution < -0.4 is 5.32 Å². The fourth-order valence-corrected chi connectivity index (χ4v) is 1.81. The number of hydrogen-bond acceptors (Lipinski definition) is 5. The maximum absolute atomic E-state index is 11.6. The zero-order chi connectivity index (χ0) is 14.0. The number of nitrogens with zero attached hydrogens (tertiary/aromatic N) is 1. The summed E-state index contributed by atoms with van der Waals surface area (Å²) in [6.45, 7) is 1.05. The van der Waals surface area contributed by atoms with Gasteiger partial charge in [0.1, 0.15) is 6.04 Å². The van der Waals surface area contributed by atoms with Crippen LogP contribution >= 0.6 is 11.8 Å². The van der Waals surface area contributed by atoms with E-state index in [1.165, 1.54) is 0 Å². The maximum atomic E-state index is 11.6. The molecule has 0 aromatic rings. The summed E-state index contributed by atoms with van der Waals surface area (Å²) in [5, 5.41) is 20.1. The molecule has 1 amide bonds. The molecule has 0 aliphatic carbocycles. The Morgan fingerprint density at radius 1 is 1.39 bits per heavy atom. The minimum absolute atomic E-state index is 0.0452. The summed E-state index contributed by atoms with van der Waals surface area (Å²) in [6.07, 6.45) is 2.55. The highest BCUT2D eigenvalue weighted by molar-refractivity contribution is 7.98. The lowest BCUT2D eigenvalue weighted by atomic mass is 10.2. The van der Waals surface area contributed by atoms with Crippen molar-refractivity contribution in [3.05, 3.63) is 0 Å². The molecule has 6 nitrogen and oxygen atoms in total. The van der Waals surface area contributed by atoms with Gasteiger partial charge in [-0.25, -0.2) is 4.79 Å². The summed E-state index contributed by atoms with van der Waals surface area (Å²) in [6, 6.07) is -0.812. The van der Waals surface area contributed by atoms with Gasteiger partial charge in [-0.3, -0.25) is 4.79 Å². The highest BCUT2D eigenvalue weighted by Gasteiger charge is 2.19. The molecule has 3 N–H and O–H groups in total. The van der Waals surface area contributed by atoms with Crippen LogP contribution in [0.25, 0.3) is 0 Å². The Kier molecular flexibility index (Phi) is 9.72. The van der Waals surface area contributed by atoms with E-state index in [0.29, 0.717) is 25.3 Å². The van der Waals surface area contributed by atoms with Crippen molar-refractivity contribution in [1.82, 2.24) is 10.2 Å². The molecule has 1 atom stereocenters. The van der Waals surface area contributed by atoms with Crippen LogP contribution in [0.15, 0.2) is 0 Å². The van der Waals surface area contributed by atoms with E-state index < -0.39 is 12.0 Å². The van der Waals surface area contributed by atoms with E-state index >= 15 is 0 Å². The van der Waals surface area contributed by atoms with Crippen LogP contribution in [0.5, 0.6) is 0 Å². The zero-order valence-electron chi connectivity index (χ0n) is 10.9. The van der Waals surface area contributed by atoms with Gasteiger partial charge >= 0.3 is 5.97 Å². The first-order valence-corrected chi connectivity index (χ1v) is 7.21. The third-order valence-corrected chi connectivity index (χ3v) is 3.09. The number of aliphatic carboxylic acids is 1. The van der Waals surface area contributed by atoms with Gasteiger partial charge in [-0.2, -0.15) is 11.8 Å². The highest BCUT2D eigenvalue weighted by atomic mass is 32.2. The van der Waals surface area contributed by atoms with Gasteiger partial charge < -0.3 is 20.4 Å². The second-order valence-electron chi connectivity index (χ2n) is 4.02. The molecular formula is C11H22N2O4S. The van der Waals surface area contributed by atoms with Crippen LogP contribution in [0, 0.1) is 0 Å². The van der Waals surface area contributed by atoms with Crippen molar-refractivity contribution in [2.75, 3.05) is 38.8 Å². The largest absolute Gasteiger partial charge is 0.480 e. The summed E-state index contributed by atoms with van der Waals surface area (Å²) < 4.78 is 0. The third kappa shape index (κ3) is 8.32. The molecule has 0 spiro atoms. The van der Waals surface area contributed by atoms with Crippen molar-refractivity contribution in [1.29, 1.82) is 0 Å². The number of rotatable bonds is 10. The number of likely N-dealkylation sites (N-methyl/N-ethyl adjacent to an activating group) is 1. The summed E-state index contributed by atoms with van der Waals surface area (Å²) in [7, 11) is 1.80. The molecule has 0 bridgehead atoms. The molecule has 0 aromatic carbocycles. The fourth-order valence-electron chi connectivity index (χ4n) is 1.33. The Morgan fingerprint density at radius 3 is 2.56 bits per heavy atom. The van der Waals surface area contributed by atoms with Gasteiger partial charge in [-0.05, 0) is 25.5 Å². The summed E-state index contributed by atoms with van der Waals surface area (Å²) in [5.74, 6) is -0.573. The first-order chi connectivity index (χ1) is 8.51. The Labute approximate surface area is 112 Å². The van der Waals surface area contributed by atoms with E-state index in [9.17, 15) is 9.59 Å². The molecule has 7 heteroatoms. The van der Waals surface area contributed by atoms with Gasteiger partial charge in [0.2, 0.25) is 5.91 Å². The standard InChI is InChI=1S/C11H22N2O4S/c1-13(6-7-14)5-3-10(15)12-9(11(16)17)4-8-18-2/h9,14H,3-8H2,1-2H3,(H,12,15)(H,16,17). The first-order valence-electron chi connectivity index (χ1n) is 5.81. The van der Waals surface area contributed by atoms with Gasteiger partial charge in [0.25, 0.3) is 0 Å². The Bertz CT molecular complexity index is 263. The van der Waals surface area contributed by atoms with Crippen LogP contribution in [0.3, 0.4) is 0 Å². The van der Waals surface area contributed by atoms with Crippen molar-refractivity contribution in [3.8, 4) is 0 Å². The van der Waals surface area contributed by atoms with E-state index in [1.807, 2.05) is 11.2 Å². The molecule has 0 aromatic heterocycles. The van der Waals surface area contributed by atoms with Gasteiger partial charge in [-0.1, -0.05) is 0 Å². The normalized spacial score (nSPS) is 12.4. The van der Waals surface area contributed by atoms with Crippen molar-refractivity contribution >= 4 is 23.6 Å². The fraction of sp³-hybridized carbons (Fsp3) is 0.818. The quantitative estimate of drug-likeness (QED) is 0.505. The van der Waals surface area contributed by atoms with Gasteiger partial charge in [0, 0.05) is 19.5 Å². The van der Waals surface area contributed by atoms with Crippen molar-refractivity contribution in [3.63, 3.8) is 0 Å². The van der Waals surface area contributed by atoms with Crippen molar-refractivity contribution < 1.29 is 19.8 Å². The number of thioether (sulfide) groups is 1. The average Bonchev–Trinajstić information content (AvgIpc) is 2.32. The number of aliphatic hydroxyl groups excluding tert-OH is 1. The van der Waals surface area contributed by atoms with Crippen molar-refractivity contribution in [2.45, 2.75) is 18.9 Å². The van der Waals surface area contributed by atoms with Crippen molar-refractivity contribution in [2.24, 2.45) is 0 Å². The second kappa shape index (κ2) is 10.2. The van der Waals surface area contributed by atoms with Gasteiger partial charge in [-0.15, -0.1) is 0 Å². The topological polar surface area (TPSA) is 89.9 Å². The minimum Gasteiger partial charge on any atom is -0.480 e. The Morgan fingerprint density at radius 2 is 2.06 bits per heavy atom. The van der Waals surface area contributed by atoms with E-state index in [1.54, 1.807) is 18.8 Å². The number of amides is 1. The Hall–Kier alpha value is -0.790. The van der Waals surface area contributed by atoms with Crippen LogP contribution in [-0.2, 0) is 9.59 Å². The lowest BCUT2D eigenvalue weighted by molar-refractivity contribution is -0.141. The van der Waals surface area contributed by atoms with Crippen LogP contribution in [0.1, 0.15) is 12.8 Å². The molecule has 106 valence electrons. The average molecular weight is 278 g/mol. The van der Waals surface area contributed by atoms with Gasteiger partial charge in [0.05, 0.1) is 6.61 Å². The molecule has 18 heavy (non-hydrogen) atoms. The van der Waals surface area contributed by atoms with Crippen LogP contribution in [0.4, 0.5) is 0 Å². The lowest BCUT2D eigenvalue weighted by Crippen LogP contribution is -2.42. The predicted molar refractivity (Wildman–Crippen MR) is 71.8 cm³/mol. The lowest BCUT2D eigenvalue weighted by Gasteiger charge is -2.17. The van der Waals surface area contributed by atoms with E-state index in [-0.39, 0.29) is 18.9 Å². The molecule has 1 unspecified atom stereocenters. The zero-order valence-corrected chi connectivity index (χ0v) is 11.7. The number of nitrogens with one attached hydrogen (secondary N) is 1. The number of hydrogen-bond donors (Lipinski definition) is 3. The molecule has 0 rings (SSSR count). The number of carboxylic acid groups (broad SMARTS) is 1. The summed E-state index contributed by atoms with van der Waals surface area (Å²) in [5.41, 5.74) is 0. The highest BCUT2D eigenvalue weighted by Crippen LogP contribution is 2.01. The maximum Gasteiger partial charge on any atom is 0.326 e. The number of aliphatic hydroxyl groups is 1. The van der Waals surface area contributed by atoms with E-state index in [0.717, 1.165) is 0 Å². The molecular weight excluding hydrogens is 256 g/mol. The molecule has 0 radical (unpaired) electrons. The Balaban J connectivity index is 3.98. The van der Waals surface area contributed by atoms with Gasteiger partial charge in [0.15, 0.2) is 0 Å². The summed E-state index contributed by atoms with van der Waals surface area (Å²) >= 11 is 1.55. The number of carbonyl (C=O) groups is 2. The minimum atomic E-state index is -0.999. The van der Waals surface area contributed by atoms with E-state index in [2.05, 4.69) is 5.32 Å². The molecule has 0 aliphatic heterocycles. The SMILES string of the molecule is CSCCC(NC(=O)CCN(C)CCO)C(=O)O. The van der Waals surface area contributed by atoms with Crippen LogP contribution in [-0.4, -0.2) is 71.8 Å². The molecule has 0 fully saturated rings. The predicted octanol–water partition coefficient (Wildman–Crippen LogP) is -0.377.